The molecule has 1 aromatic carbocycles. The van der Waals surface area contributed by atoms with Crippen molar-refractivity contribution in [1.82, 2.24) is 15.0 Å². The van der Waals surface area contributed by atoms with E-state index >= 15 is 0 Å². The van der Waals surface area contributed by atoms with Crippen molar-refractivity contribution in [3.8, 4) is 11.3 Å². The quantitative estimate of drug-likeness (QED) is 0.394. The van der Waals surface area contributed by atoms with Crippen molar-refractivity contribution in [3.05, 3.63) is 46.6 Å². The molecule has 0 unspecified atom stereocenters. The number of nitrogen functional groups attached to an aromatic ring is 3. The zero-order valence-electron chi connectivity index (χ0n) is 14.2. The minimum absolute atomic E-state index is 0.282. The van der Waals surface area contributed by atoms with Gasteiger partial charge >= 0.3 is 0 Å². The summed E-state index contributed by atoms with van der Waals surface area (Å²) in [6.45, 7) is 1.15. The number of halogens is 2. The van der Waals surface area contributed by atoms with Gasteiger partial charge in [0.15, 0.2) is 0 Å². The lowest BCUT2D eigenvalue weighted by molar-refractivity contribution is 1.04. The van der Waals surface area contributed by atoms with Crippen LogP contribution in [0.4, 0.5) is 29.0 Å². The maximum atomic E-state index is 6.24. The van der Waals surface area contributed by atoms with Crippen LogP contribution in [0.1, 0.15) is 0 Å². The van der Waals surface area contributed by atoms with Crippen molar-refractivity contribution in [3.63, 3.8) is 0 Å². The summed E-state index contributed by atoms with van der Waals surface area (Å²) in [4.78, 5) is 12.8. The van der Waals surface area contributed by atoms with Gasteiger partial charge in [-0.2, -0.15) is 0 Å². The number of nitrogens with zero attached hydrogens (tertiary/aromatic N) is 3. The summed E-state index contributed by atoms with van der Waals surface area (Å²) < 4.78 is 0. The molecule has 0 atom stereocenters. The van der Waals surface area contributed by atoms with E-state index in [9.17, 15) is 0 Å². The van der Waals surface area contributed by atoms with Crippen molar-refractivity contribution in [2.24, 2.45) is 0 Å². The van der Waals surface area contributed by atoms with E-state index in [1.165, 1.54) is 0 Å². The number of rotatable bonds is 6. The summed E-state index contributed by atoms with van der Waals surface area (Å²) in [6.07, 6.45) is 1.56. The number of hydrogen-bond acceptors (Lipinski definition) is 8. The molecule has 8 nitrogen and oxygen atoms in total. The summed E-state index contributed by atoms with van der Waals surface area (Å²) in [7, 11) is 0. The highest BCUT2D eigenvalue weighted by Crippen LogP contribution is 2.32. The third-order valence-electron chi connectivity index (χ3n) is 3.68. The second kappa shape index (κ2) is 8.15. The van der Waals surface area contributed by atoms with E-state index in [1.807, 2.05) is 0 Å². The topological polar surface area (TPSA) is 141 Å². The first-order valence-electron chi connectivity index (χ1n) is 8.01. The van der Waals surface area contributed by atoms with E-state index in [0.717, 1.165) is 0 Å². The molecular weight excluding hydrogens is 387 g/mol. The molecule has 10 heteroatoms. The van der Waals surface area contributed by atoms with Crippen LogP contribution in [0.15, 0.2) is 36.5 Å². The van der Waals surface area contributed by atoms with Gasteiger partial charge in [-0.15, -0.1) is 0 Å². The van der Waals surface area contributed by atoms with E-state index in [0.29, 0.717) is 57.5 Å². The van der Waals surface area contributed by atoms with Gasteiger partial charge in [0, 0.05) is 23.7 Å². The molecule has 0 fully saturated rings. The maximum Gasteiger partial charge on any atom is 0.150 e. The highest BCUT2D eigenvalue weighted by atomic mass is 35.5. The fraction of sp³-hybridized carbons (Fsp3) is 0.118. The molecule has 2 aromatic heterocycles. The molecule has 0 saturated carbocycles. The van der Waals surface area contributed by atoms with Crippen LogP contribution in [0.5, 0.6) is 0 Å². The van der Waals surface area contributed by atoms with Crippen LogP contribution in [0, 0.1) is 0 Å². The van der Waals surface area contributed by atoms with Gasteiger partial charge in [-0.1, -0.05) is 23.2 Å². The van der Waals surface area contributed by atoms with Gasteiger partial charge in [0.2, 0.25) is 0 Å². The van der Waals surface area contributed by atoms with Crippen LogP contribution >= 0.6 is 23.2 Å². The second-order valence-corrected chi connectivity index (χ2v) is 6.48. The van der Waals surface area contributed by atoms with Gasteiger partial charge < -0.3 is 27.8 Å². The first-order valence-corrected chi connectivity index (χ1v) is 8.77. The first kappa shape index (κ1) is 18.8. The van der Waals surface area contributed by atoms with Gasteiger partial charge in [-0.3, -0.25) is 0 Å². The minimum Gasteiger partial charge on any atom is -0.396 e. The fourth-order valence-corrected chi connectivity index (χ4v) is 2.83. The minimum atomic E-state index is 0.282. The Morgan fingerprint density at radius 3 is 2.30 bits per heavy atom. The number of pyridine rings is 1. The van der Waals surface area contributed by atoms with E-state index in [4.69, 9.17) is 40.4 Å². The molecule has 0 aliphatic carbocycles. The lowest BCUT2D eigenvalue weighted by atomic mass is 10.1. The van der Waals surface area contributed by atoms with Crippen LogP contribution in [-0.4, -0.2) is 28.0 Å². The van der Waals surface area contributed by atoms with E-state index in [2.05, 4.69) is 25.6 Å². The molecule has 0 radical (unpaired) electrons. The largest absolute Gasteiger partial charge is 0.396 e. The molecule has 3 aromatic rings. The van der Waals surface area contributed by atoms with Crippen molar-refractivity contribution in [2.45, 2.75) is 0 Å². The SMILES string of the molecule is Nc1ccc(NCCNc2cnc(N)c(-c3ccc(Cl)cc3Cl)n2)nc1N. The number of aromatic nitrogens is 3. The van der Waals surface area contributed by atoms with Crippen molar-refractivity contribution in [1.29, 1.82) is 0 Å². The number of hydrogen-bond donors (Lipinski definition) is 5. The molecule has 8 N–H and O–H groups in total. The van der Waals surface area contributed by atoms with Crippen LogP contribution < -0.4 is 27.8 Å². The molecule has 0 aliphatic rings. The Labute approximate surface area is 166 Å². The molecular formula is C17H18Cl2N8. The highest BCUT2D eigenvalue weighted by Gasteiger charge is 2.11. The number of benzene rings is 1. The molecule has 3 rings (SSSR count). The first-order chi connectivity index (χ1) is 12.9. The fourth-order valence-electron chi connectivity index (χ4n) is 2.33. The van der Waals surface area contributed by atoms with Crippen molar-refractivity contribution in [2.75, 3.05) is 40.9 Å². The predicted molar refractivity (Wildman–Crippen MR) is 112 cm³/mol. The zero-order valence-corrected chi connectivity index (χ0v) is 15.7. The Morgan fingerprint density at radius 1 is 0.852 bits per heavy atom. The van der Waals surface area contributed by atoms with E-state index in [-0.39, 0.29) is 5.82 Å². The van der Waals surface area contributed by atoms with E-state index < -0.39 is 0 Å². The van der Waals surface area contributed by atoms with Crippen LogP contribution in [0.25, 0.3) is 11.3 Å². The second-order valence-electron chi connectivity index (χ2n) is 5.64. The van der Waals surface area contributed by atoms with Crippen LogP contribution in [0.2, 0.25) is 10.0 Å². The highest BCUT2D eigenvalue weighted by molar-refractivity contribution is 6.36. The summed E-state index contributed by atoms with van der Waals surface area (Å²) >= 11 is 12.2. The third-order valence-corrected chi connectivity index (χ3v) is 4.23. The molecule has 0 saturated heterocycles. The monoisotopic (exact) mass is 404 g/mol. The summed E-state index contributed by atoms with van der Waals surface area (Å²) in [5.41, 5.74) is 18.9. The molecule has 140 valence electrons. The van der Waals surface area contributed by atoms with Gasteiger partial charge in [-0.05, 0) is 30.3 Å². The molecule has 27 heavy (non-hydrogen) atoms. The molecule has 0 bridgehead atoms. The Morgan fingerprint density at radius 2 is 1.59 bits per heavy atom. The molecule has 0 spiro atoms. The van der Waals surface area contributed by atoms with Gasteiger partial charge in [-0.25, -0.2) is 15.0 Å². The van der Waals surface area contributed by atoms with Gasteiger partial charge in [0.25, 0.3) is 0 Å². The maximum absolute atomic E-state index is 6.24. The van der Waals surface area contributed by atoms with Crippen LogP contribution in [0.3, 0.4) is 0 Å². The Balaban J connectivity index is 1.65. The Hall–Kier alpha value is -2.97. The Bertz CT molecular complexity index is 964. The average molecular weight is 405 g/mol. The molecule has 2 heterocycles. The average Bonchev–Trinajstić information content (AvgIpc) is 2.63. The van der Waals surface area contributed by atoms with Gasteiger partial charge in [0.1, 0.15) is 29.0 Å². The summed E-state index contributed by atoms with van der Waals surface area (Å²) in [5, 5.41) is 7.29. The molecule has 0 aliphatic heterocycles. The Kier molecular flexibility index (Phi) is 5.68. The van der Waals surface area contributed by atoms with Crippen molar-refractivity contribution < 1.29 is 0 Å². The summed E-state index contributed by atoms with van der Waals surface area (Å²) in [6, 6.07) is 8.57. The van der Waals surface area contributed by atoms with Crippen molar-refractivity contribution >= 4 is 52.2 Å². The number of nitrogens with two attached hydrogens (primary N) is 3. The van der Waals surface area contributed by atoms with Gasteiger partial charge in [0.05, 0.1) is 16.9 Å². The lowest BCUT2D eigenvalue weighted by Gasteiger charge is -2.11. The number of nitrogens with one attached hydrogen (secondary N) is 2. The third kappa shape index (κ3) is 4.60. The number of anilines is 5. The molecule has 0 amide bonds. The van der Waals surface area contributed by atoms with E-state index in [1.54, 1.807) is 36.5 Å². The van der Waals surface area contributed by atoms with Crippen LogP contribution in [-0.2, 0) is 0 Å². The lowest BCUT2D eigenvalue weighted by Crippen LogP contribution is -2.16. The predicted octanol–water partition coefficient (Wildman–Crippen LogP) is 3.12. The normalized spacial score (nSPS) is 10.6. The summed E-state index contributed by atoms with van der Waals surface area (Å²) in [5.74, 6) is 1.78. The zero-order chi connectivity index (χ0) is 19.4. The standard InChI is InChI=1S/C17H18Cl2N8/c18-9-1-2-10(11(19)7-9)15-17(22)25-8-14(26-15)24-6-5-23-13-4-3-12(20)16(21)27-13/h1-4,7-8H,5-6,20H2,(H2,22,25)(H,24,26)(H3,21,23,27). The smallest absolute Gasteiger partial charge is 0.150 e.